The molecular weight excluding hydrogens is 258 g/mol. The summed E-state index contributed by atoms with van der Waals surface area (Å²) in [5, 5.41) is 6.20. The van der Waals surface area contributed by atoms with E-state index in [0.717, 1.165) is 22.5 Å². The number of aromatic nitrogens is 2. The number of nitrogens with two attached hydrogens (primary N) is 1. The summed E-state index contributed by atoms with van der Waals surface area (Å²) in [4.78, 5) is 5.64. The molecule has 4 unspecified atom stereocenters. The van der Waals surface area contributed by atoms with Crippen LogP contribution in [0.1, 0.15) is 54.2 Å². The lowest BCUT2D eigenvalue weighted by atomic mass is 9.88. The highest BCUT2D eigenvalue weighted by Crippen LogP contribution is 2.52. The second kappa shape index (κ2) is 4.42. The molecule has 2 heterocycles. The molecule has 19 heavy (non-hydrogen) atoms. The summed E-state index contributed by atoms with van der Waals surface area (Å²) < 4.78 is 5.39. The summed E-state index contributed by atoms with van der Waals surface area (Å²) in [6.45, 7) is 0. The quantitative estimate of drug-likeness (QED) is 0.935. The zero-order chi connectivity index (χ0) is 12.8. The van der Waals surface area contributed by atoms with E-state index in [-0.39, 0.29) is 6.04 Å². The maximum Gasteiger partial charge on any atom is 0.248 e. The zero-order valence-electron chi connectivity index (χ0n) is 10.7. The summed E-state index contributed by atoms with van der Waals surface area (Å²) >= 11 is 1.63. The van der Waals surface area contributed by atoms with Gasteiger partial charge in [0, 0.05) is 10.8 Å². The summed E-state index contributed by atoms with van der Waals surface area (Å²) in [6.07, 6.45) is 5.31. The van der Waals surface area contributed by atoms with Crippen molar-refractivity contribution >= 4 is 11.3 Å². The van der Waals surface area contributed by atoms with Crippen LogP contribution in [0.15, 0.2) is 22.0 Å². The Hall–Kier alpha value is -1.20. The molecule has 2 aliphatic rings. The van der Waals surface area contributed by atoms with Gasteiger partial charge in [0.25, 0.3) is 0 Å². The molecule has 100 valence electrons. The molecule has 2 aromatic rings. The molecule has 0 aromatic carbocycles. The number of fused-ring (bicyclic) bond motifs is 2. The van der Waals surface area contributed by atoms with Gasteiger partial charge in [0.15, 0.2) is 5.82 Å². The summed E-state index contributed by atoms with van der Waals surface area (Å²) in [6, 6.07) is 3.73. The first-order chi connectivity index (χ1) is 9.31. The highest BCUT2D eigenvalue weighted by atomic mass is 32.1. The molecule has 0 radical (unpaired) electrons. The first-order valence-corrected chi connectivity index (χ1v) is 7.81. The number of hydrogen-bond acceptors (Lipinski definition) is 5. The van der Waals surface area contributed by atoms with Gasteiger partial charge in [0.2, 0.25) is 5.89 Å². The van der Waals surface area contributed by atoms with Gasteiger partial charge in [-0.05, 0) is 42.5 Å². The Morgan fingerprint density at radius 3 is 3.00 bits per heavy atom. The second-order valence-electron chi connectivity index (χ2n) is 5.77. The average Bonchev–Trinajstić information content (AvgIpc) is 3.18. The van der Waals surface area contributed by atoms with Gasteiger partial charge in [-0.2, -0.15) is 4.98 Å². The molecule has 0 amide bonds. The van der Waals surface area contributed by atoms with Gasteiger partial charge in [-0.1, -0.05) is 17.6 Å². The third kappa shape index (κ3) is 1.92. The molecule has 2 aromatic heterocycles. The lowest BCUT2D eigenvalue weighted by Gasteiger charge is -2.17. The molecule has 2 N–H and O–H groups in total. The average molecular weight is 275 g/mol. The van der Waals surface area contributed by atoms with E-state index in [1.807, 2.05) is 17.5 Å². The Bertz CT molecular complexity index is 565. The van der Waals surface area contributed by atoms with Gasteiger partial charge in [-0.3, -0.25) is 0 Å². The van der Waals surface area contributed by atoms with Gasteiger partial charge in [-0.15, -0.1) is 11.3 Å². The van der Waals surface area contributed by atoms with E-state index in [1.54, 1.807) is 11.3 Å². The Kier molecular flexibility index (Phi) is 2.70. The van der Waals surface area contributed by atoms with Crippen LogP contribution in [-0.4, -0.2) is 10.1 Å². The van der Waals surface area contributed by atoms with Gasteiger partial charge < -0.3 is 10.3 Å². The van der Waals surface area contributed by atoms with Crippen molar-refractivity contribution in [3.05, 3.63) is 34.1 Å². The van der Waals surface area contributed by atoms with Crippen LogP contribution < -0.4 is 5.73 Å². The van der Waals surface area contributed by atoms with Crippen molar-refractivity contribution in [1.29, 1.82) is 0 Å². The lowest BCUT2D eigenvalue weighted by Crippen LogP contribution is -2.12. The van der Waals surface area contributed by atoms with Gasteiger partial charge >= 0.3 is 0 Å². The monoisotopic (exact) mass is 275 g/mol. The smallest absolute Gasteiger partial charge is 0.248 e. The highest BCUT2D eigenvalue weighted by molar-refractivity contribution is 7.10. The van der Waals surface area contributed by atoms with E-state index in [2.05, 4.69) is 10.1 Å². The minimum atomic E-state index is -0.278. The first-order valence-electron chi connectivity index (χ1n) is 6.93. The molecule has 2 bridgehead atoms. The van der Waals surface area contributed by atoms with Crippen molar-refractivity contribution in [2.75, 3.05) is 0 Å². The van der Waals surface area contributed by atoms with Crippen LogP contribution in [0, 0.1) is 11.8 Å². The molecule has 4 atom stereocenters. The fourth-order valence-corrected chi connectivity index (χ4v) is 4.39. The lowest BCUT2D eigenvalue weighted by molar-refractivity contribution is 0.346. The summed E-state index contributed by atoms with van der Waals surface area (Å²) in [5.41, 5.74) is 6.16. The molecule has 5 heteroatoms. The molecule has 0 spiro atoms. The number of hydrogen-bond donors (Lipinski definition) is 1. The van der Waals surface area contributed by atoms with Crippen LogP contribution in [-0.2, 0) is 0 Å². The number of rotatable bonds is 3. The standard InChI is InChI=1S/C14H17N3OS/c15-12(11-2-1-5-19-11)14-16-13(17-18-14)10-7-8-3-4-9(10)6-8/h1-2,5,8-10,12H,3-4,6-7,15H2. The van der Waals surface area contributed by atoms with Gasteiger partial charge in [0.1, 0.15) is 6.04 Å². The van der Waals surface area contributed by atoms with Crippen LogP contribution in [0.3, 0.4) is 0 Å². The molecule has 2 fully saturated rings. The van der Waals surface area contributed by atoms with Crippen LogP contribution in [0.25, 0.3) is 0 Å². The summed E-state index contributed by atoms with van der Waals surface area (Å²) in [7, 11) is 0. The fraction of sp³-hybridized carbons (Fsp3) is 0.571. The first kappa shape index (κ1) is 11.6. The summed E-state index contributed by atoms with van der Waals surface area (Å²) in [5.74, 6) is 3.61. The van der Waals surface area contributed by atoms with Crippen LogP contribution >= 0.6 is 11.3 Å². The van der Waals surface area contributed by atoms with Crippen molar-refractivity contribution in [3.8, 4) is 0 Å². The van der Waals surface area contributed by atoms with Crippen LogP contribution in [0.2, 0.25) is 0 Å². The normalized spacial score (nSPS) is 30.9. The molecule has 4 rings (SSSR count). The van der Waals surface area contributed by atoms with E-state index in [4.69, 9.17) is 10.3 Å². The van der Waals surface area contributed by atoms with Crippen molar-refractivity contribution < 1.29 is 4.52 Å². The van der Waals surface area contributed by atoms with Crippen molar-refractivity contribution in [2.45, 2.75) is 37.6 Å². The molecule has 2 saturated carbocycles. The van der Waals surface area contributed by atoms with Crippen molar-refractivity contribution in [2.24, 2.45) is 17.6 Å². The maximum atomic E-state index is 6.16. The Morgan fingerprint density at radius 2 is 2.32 bits per heavy atom. The molecule has 2 aliphatic carbocycles. The topological polar surface area (TPSA) is 64.9 Å². The fourth-order valence-electron chi connectivity index (χ4n) is 3.68. The zero-order valence-corrected chi connectivity index (χ0v) is 11.5. The minimum Gasteiger partial charge on any atom is -0.337 e. The van der Waals surface area contributed by atoms with Gasteiger partial charge in [0.05, 0.1) is 0 Å². The molecule has 0 aliphatic heterocycles. The highest BCUT2D eigenvalue weighted by Gasteiger charge is 2.42. The second-order valence-corrected chi connectivity index (χ2v) is 6.74. The minimum absolute atomic E-state index is 0.278. The molecular formula is C14H17N3OS. The van der Waals surface area contributed by atoms with Crippen molar-refractivity contribution in [1.82, 2.24) is 10.1 Å². The van der Waals surface area contributed by atoms with Crippen molar-refractivity contribution in [3.63, 3.8) is 0 Å². The van der Waals surface area contributed by atoms with E-state index in [0.29, 0.717) is 11.8 Å². The van der Waals surface area contributed by atoms with E-state index >= 15 is 0 Å². The van der Waals surface area contributed by atoms with Crippen LogP contribution in [0.4, 0.5) is 0 Å². The number of nitrogens with zero attached hydrogens (tertiary/aromatic N) is 2. The van der Waals surface area contributed by atoms with E-state index in [1.165, 1.54) is 25.7 Å². The SMILES string of the molecule is NC(c1nc(C2CC3CCC2C3)no1)c1cccs1. The van der Waals surface area contributed by atoms with Crippen LogP contribution in [0.5, 0.6) is 0 Å². The predicted octanol–water partition coefficient (Wildman–Crippen LogP) is 3.08. The van der Waals surface area contributed by atoms with Gasteiger partial charge in [-0.25, -0.2) is 0 Å². The molecule has 0 saturated heterocycles. The third-order valence-corrected chi connectivity index (χ3v) is 5.60. The Balaban J connectivity index is 1.57. The Morgan fingerprint density at radius 1 is 1.37 bits per heavy atom. The van der Waals surface area contributed by atoms with E-state index < -0.39 is 0 Å². The molecule has 4 nitrogen and oxygen atoms in total. The Labute approximate surface area is 116 Å². The number of thiophene rings is 1. The third-order valence-electron chi connectivity index (χ3n) is 4.64. The largest absolute Gasteiger partial charge is 0.337 e. The van der Waals surface area contributed by atoms with E-state index in [9.17, 15) is 0 Å². The predicted molar refractivity (Wildman–Crippen MR) is 72.8 cm³/mol. The maximum absolute atomic E-state index is 6.16.